The van der Waals surface area contributed by atoms with Crippen LogP contribution in [0.2, 0.25) is 0 Å². The zero-order valence-electron chi connectivity index (χ0n) is 33.1. The van der Waals surface area contributed by atoms with E-state index in [1.54, 1.807) is 0 Å². The summed E-state index contributed by atoms with van der Waals surface area (Å²) >= 11 is 0. The molecule has 0 radical (unpaired) electrons. The van der Waals surface area contributed by atoms with Crippen LogP contribution in [0.5, 0.6) is 0 Å². The molecule has 0 aliphatic rings. The molecule has 0 heterocycles. The van der Waals surface area contributed by atoms with Crippen LogP contribution in [0.1, 0.15) is 213 Å². The molecule has 49 heavy (non-hydrogen) atoms. The van der Waals surface area contributed by atoms with Gasteiger partial charge in [0.05, 0.1) is 0 Å². The summed E-state index contributed by atoms with van der Waals surface area (Å²) in [7, 11) is 0. The molecule has 0 aromatic heterocycles. The lowest BCUT2D eigenvalue weighted by molar-refractivity contribution is -0.121. The normalized spacial score (nSPS) is 11.3. The van der Waals surface area contributed by atoms with Crippen LogP contribution >= 0.6 is 0 Å². The largest absolute Gasteiger partial charge is 0.355 e. The predicted octanol–water partition coefficient (Wildman–Crippen LogP) is 10.4. The summed E-state index contributed by atoms with van der Waals surface area (Å²) in [6, 6.07) is 0. The van der Waals surface area contributed by atoms with Gasteiger partial charge in [-0.3, -0.25) is 19.3 Å². The molecule has 3 amide bonds. The molecule has 0 rings (SSSR count). The van der Waals surface area contributed by atoms with E-state index in [0.29, 0.717) is 58.5 Å². The van der Waals surface area contributed by atoms with Crippen molar-refractivity contribution in [2.24, 2.45) is 0 Å². The van der Waals surface area contributed by atoms with Gasteiger partial charge in [0.15, 0.2) is 0 Å². The van der Waals surface area contributed by atoms with Gasteiger partial charge in [-0.25, -0.2) is 0 Å². The average Bonchev–Trinajstić information content (AvgIpc) is 3.09. The highest BCUT2D eigenvalue weighted by molar-refractivity contribution is 5.76. The standard InChI is InChI=1S/C42H84N4O3/c1-4-7-10-13-16-19-22-25-28-31-40(47)43-34-37-46(38-35-44-41(48)32-29-26-23-20-17-14-11-8-5-2)39-36-45-42(49)33-30-27-24-21-18-15-12-9-6-3/h4-39H2,1-3H3,(H,43,47)(H,44,48)(H,45,49). The van der Waals surface area contributed by atoms with Crippen LogP contribution in [0, 0.1) is 0 Å². The first-order valence-corrected chi connectivity index (χ1v) is 21.6. The molecule has 0 saturated carbocycles. The van der Waals surface area contributed by atoms with Gasteiger partial charge in [0.2, 0.25) is 17.7 Å². The van der Waals surface area contributed by atoms with Gasteiger partial charge in [-0.2, -0.15) is 0 Å². The molecule has 7 nitrogen and oxygen atoms in total. The molecule has 0 atom stereocenters. The molecule has 0 fully saturated rings. The van der Waals surface area contributed by atoms with Crippen molar-refractivity contribution < 1.29 is 14.4 Å². The lowest BCUT2D eigenvalue weighted by atomic mass is 10.1. The van der Waals surface area contributed by atoms with E-state index in [9.17, 15) is 14.4 Å². The number of hydrogen-bond donors (Lipinski definition) is 3. The van der Waals surface area contributed by atoms with Gasteiger partial charge in [0, 0.05) is 58.5 Å². The summed E-state index contributed by atoms with van der Waals surface area (Å²) in [6.07, 6.45) is 35.6. The molecule has 290 valence electrons. The van der Waals surface area contributed by atoms with Crippen molar-refractivity contribution in [2.45, 2.75) is 213 Å². The molecule has 0 aromatic rings. The molecular weight excluding hydrogens is 608 g/mol. The maximum atomic E-state index is 12.4. The first-order chi connectivity index (χ1) is 24.0. The Hall–Kier alpha value is -1.63. The fourth-order valence-corrected chi connectivity index (χ4v) is 6.45. The first-order valence-electron chi connectivity index (χ1n) is 21.6. The number of carbonyl (C=O) groups excluding carboxylic acids is 3. The third kappa shape index (κ3) is 37.5. The first kappa shape index (κ1) is 47.4. The molecule has 7 heteroatoms. The maximum absolute atomic E-state index is 12.4. The number of unbranched alkanes of at least 4 members (excludes halogenated alkanes) is 24. The second kappa shape index (κ2) is 39.2. The summed E-state index contributed by atoms with van der Waals surface area (Å²) in [5.41, 5.74) is 0. The van der Waals surface area contributed by atoms with Crippen molar-refractivity contribution in [3.8, 4) is 0 Å². The summed E-state index contributed by atoms with van der Waals surface area (Å²) in [5.74, 6) is 0.393. The number of nitrogens with zero attached hydrogens (tertiary/aromatic N) is 1. The van der Waals surface area contributed by atoms with Crippen molar-refractivity contribution in [2.75, 3.05) is 39.3 Å². The number of rotatable bonds is 39. The van der Waals surface area contributed by atoms with Crippen molar-refractivity contribution >= 4 is 17.7 Å². The molecule has 3 N–H and O–H groups in total. The lowest BCUT2D eigenvalue weighted by Gasteiger charge is -2.23. The SMILES string of the molecule is CCCCCCCCCCCC(=O)NCCN(CCNC(=O)CCCCCCCCCCC)CCNC(=O)CCCCCCCCCCC. The molecular formula is C42H84N4O3. The Labute approximate surface area is 305 Å². The molecule has 0 saturated heterocycles. The topological polar surface area (TPSA) is 90.5 Å². The molecule has 0 unspecified atom stereocenters. The van der Waals surface area contributed by atoms with E-state index >= 15 is 0 Å². The summed E-state index contributed by atoms with van der Waals surface area (Å²) < 4.78 is 0. The van der Waals surface area contributed by atoms with Crippen molar-refractivity contribution in [3.63, 3.8) is 0 Å². The van der Waals surface area contributed by atoms with E-state index in [4.69, 9.17) is 0 Å². The molecule has 0 aliphatic carbocycles. The lowest BCUT2D eigenvalue weighted by Crippen LogP contribution is -2.43. The highest BCUT2D eigenvalue weighted by atomic mass is 16.2. The van der Waals surface area contributed by atoms with Crippen molar-refractivity contribution in [3.05, 3.63) is 0 Å². The van der Waals surface area contributed by atoms with E-state index in [0.717, 1.165) is 38.5 Å². The van der Waals surface area contributed by atoms with Gasteiger partial charge in [-0.05, 0) is 19.3 Å². The van der Waals surface area contributed by atoms with Crippen LogP contribution in [-0.2, 0) is 14.4 Å². The smallest absolute Gasteiger partial charge is 0.220 e. The third-order valence-corrected chi connectivity index (χ3v) is 9.77. The molecule has 0 aliphatic heterocycles. The fourth-order valence-electron chi connectivity index (χ4n) is 6.45. The van der Waals surface area contributed by atoms with Crippen molar-refractivity contribution in [1.29, 1.82) is 0 Å². The van der Waals surface area contributed by atoms with Crippen LogP contribution in [0.3, 0.4) is 0 Å². The van der Waals surface area contributed by atoms with Gasteiger partial charge < -0.3 is 16.0 Å². The van der Waals surface area contributed by atoms with Crippen LogP contribution in [0.25, 0.3) is 0 Å². The van der Waals surface area contributed by atoms with Crippen LogP contribution < -0.4 is 16.0 Å². The predicted molar refractivity (Wildman–Crippen MR) is 211 cm³/mol. The second-order valence-electron chi connectivity index (χ2n) is 14.6. The Kier molecular flexibility index (Phi) is 37.9. The fraction of sp³-hybridized carbons (Fsp3) is 0.929. The van der Waals surface area contributed by atoms with E-state index in [-0.39, 0.29) is 17.7 Å². The average molecular weight is 693 g/mol. The zero-order valence-corrected chi connectivity index (χ0v) is 33.1. The number of hydrogen-bond acceptors (Lipinski definition) is 4. The number of carbonyl (C=O) groups is 3. The summed E-state index contributed by atoms with van der Waals surface area (Å²) in [5, 5.41) is 9.30. The zero-order chi connectivity index (χ0) is 35.9. The Balaban J connectivity index is 4.29. The third-order valence-electron chi connectivity index (χ3n) is 9.77. The van der Waals surface area contributed by atoms with Gasteiger partial charge in [0.25, 0.3) is 0 Å². The molecule has 0 aromatic carbocycles. The second-order valence-corrected chi connectivity index (χ2v) is 14.6. The number of amides is 3. The Morgan fingerprint density at radius 3 is 0.755 bits per heavy atom. The minimum absolute atomic E-state index is 0.131. The van der Waals surface area contributed by atoms with E-state index in [1.807, 2.05) is 0 Å². The molecule has 0 spiro atoms. The van der Waals surface area contributed by atoms with E-state index < -0.39 is 0 Å². The highest BCUT2D eigenvalue weighted by Crippen LogP contribution is 2.12. The van der Waals surface area contributed by atoms with Gasteiger partial charge in [0.1, 0.15) is 0 Å². The Morgan fingerprint density at radius 1 is 0.327 bits per heavy atom. The highest BCUT2D eigenvalue weighted by Gasteiger charge is 2.09. The van der Waals surface area contributed by atoms with Crippen LogP contribution in [-0.4, -0.2) is 61.9 Å². The van der Waals surface area contributed by atoms with Crippen LogP contribution in [0.15, 0.2) is 0 Å². The van der Waals surface area contributed by atoms with Gasteiger partial charge in [-0.15, -0.1) is 0 Å². The number of nitrogens with one attached hydrogen (secondary N) is 3. The quantitative estimate of drug-likeness (QED) is 0.0559. The van der Waals surface area contributed by atoms with E-state index in [1.165, 1.54) is 135 Å². The maximum Gasteiger partial charge on any atom is 0.220 e. The minimum Gasteiger partial charge on any atom is -0.355 e. The Morgan fingerprint density at radius 2 is 0.531 bits per heavy atom. The van der Waals surface area contributed by atoms with Crippen LogP contribution in [0.4, 0.5) is 0 Å². The van der Waals surface area contributed by atoms with Crippen molar-refractivity contribution in [1.82, 2.24) is 20.9 Å². The minimum atomic E-state index is 0.131. The summed E-state index contributed by atoms with van der Waals surface area (Å²) in [4.78, 5) is 39.6. The Bertz CT molecular complexity index is 638. The van der Waals surface area contributed by atoms with Gasteiger partial charge in [-0.1, -0.05) is 175 Å². The van der Waals surface area contributed by atoms with E-state index in [2.05, 4.69) is 41.6 Å². The van der Waals surface area contributed by atoms with Gasteiger partial charge >= 0.3 is 0 Å². The monoisotopic (exact) mass is 693 g/mol. The summed E-state index contributed by atoms with van der Waals surface area (Å²) in [6.45, 7) is 10.7. The molecule has 0 bridgehead atoms.